The van der Waals surface area contributed by atoms with Crippen LogP contribution < -0.4 is 5.32 Å². The number of hydrogen-bond donors (Lipinski definition) is 1. The van der Waals surface area contributed by atoms with Crippen LogP contribution in [0, 0.1) is 0 Å². The summed E-state index contributed by atoms with van der Waals surface area (Å²) in [5.74, 6) is -0.294. The minimum atomic E-state index is -0.473. The molecule has 2 aromatic rings. The highest BCUT2D eigenvalue weighted by molar-refractivity contribution is 9.13. The summed E-state index contributed by atoms with van der Waals surface area (Å²) in [5.41, 5.74) is 1.97. The highest BCUT2D eigenvalue weighted by Gasteiger charge is 2.20. The third-order valence-electron chi connectivity index (χ3n) is 3.06. The molecule has 21 heavy (non-hydrogen) atoms. The van der Waals surface area contributed by atoms with E-state index in [4.69, 9.17) is 4.74 Å². The van der Waals surface area contributed by atoms with Crippen molar-refractivity contribution in [3.8, 4) is 0 Å². The van der Waals surface area contributed by atoms with Gasteiger partial charge in [0.2, 0.25) is 0 Å². The van der Waals surface area contributed by atoms with E-state index in [9.17, 15) is 4.79 Å². The molecule has 0 aromatic heterocycles. The summed E-state index contributed by atoms with van der Waals surface area (Å²) >= 11 is 6.91. The van der Waals surface area contributed by atoms with Crippen molar-refractivity contribution in [1.29, 1.82) is 0 Å². The van der Waals surface area contributed by atoms with Gasteiger partial charge in [0.05, 0.1) is 7.11 Å². The fourth-order valence-electron chi connectivity index (χ4n) is 1.97. The zero-order valence-corrected chi connectivity index (χ0v) is 14.6. The standard InChI is InChI=1S/C16H15Br2NO2/c1-21-16(20)15(12-5-3-2-4-6-12)19-10-11-7-8-13(17)14(18)9-11/h2-9,15,19H,10H2,1H3. The molecule has 0 aliphatic rings. The van der Waals surface area contributed by atoms with Crippen molar-refractivity contribution >= 4 is 37.8 Å². The maximum atomic E-state index is 12.0. The lowest BCUT2D eigenvalue weighted by Crippen LogP contribution is -2.29. The van der Waals surface area contributed by atoms with Gasteiger partial charge in [-0.15, -0.1) is 0 Å². The molecule has 5 heteroatoms. The maximum Gasteiger partial charge on any atom is 0.327 e. The van der Waals surface area contributed by atoms with E-state index in [0.717, 1.165) is 20.1 Å². The number of carbonyl (C=O) groups is 1. The van der Waals surface area contributed by atoms with E-state index in [1.54, 1.807) is 0 Å². The molecule has 2 aromatic carbocycles. The van der Waals surface area contributed by atoms with Crippen molar-refractivity contribution in [3.05, 3.63) is 68.6 Å². The number of benzene rings is 2. The summed E-state index contributed by atoms with van der Waals surface area (Å²) < 4.78 is 6.86. The summed E-state index contributed by atoms with van der Waals surface area (Å²) in [6, 6.07) is 15.1. The van der Waals surface area contributed by atoms with Crippen molar-refractivity contribution in [2.24, 2.45) is 0 Å². The molecule has 0 fully saturated rings. The van der Waals surface area contributed by atoms with Crippen LogP contribution in [-0.2, 0) is 16.1 Å². The highest BCUT2D eigenvalue weighted by atomic mass is 79.9. The number of carbonyl (C=O) groups excluding carboxylic acids is 1. The van der Waals surface area contributed by atoms with Crippen LogP contribution in [0.1, 0.15) is 17.2 Å². The molecule has 0 spiro atoms. The van der Waals surface area contributed by atoms with Crippen LogP contribution in [0.5, 0.6) is 0 Å². The molecule has 0 saturated carbocycles. The lowest BCUT2D eigenvalue weighted by Gasteiger charge is -2.17. The molecule has 0 heterocycles. The number of halogens is 2. The smallest absolute Gasteiger partial charge is 0.327 e. The van der Waals surface area contributed by atoms with Crippen molar-refractivity contribution in [3.63, 3.8) is 0 Å². The largest absolute Gasteiger partial charge is 0.468 e. The SMILES string of the molecule is COC(=O)C(NCc1ccc(Br)c(Br)c1)c1ccccc1. The first-order valence-electron chi connectivity index (χ1n) is 6.42. The van der Waals surface area contributed by atoms with Crippen molar-refractivity contribution in [1.82, 2.24) is 5.32 Å². The Hall–Kier alpha value is -1.17. The van der Waals surface area contributed by atoms with Gasteiger partial charge < -0.3 is 4.74 Å². The van der Waals surface area contributed by atoms with Crippen LogP contribution in [0.3, 0.4) is 0 Å². The van der Waals surface area contributed by atoms with Crippen LogP contribution >= 0.6 is 31.9 Å². The molecule has 0 aliphatic heterocycles. The third-order valence-corrected chi connectivity index (χ3v) is 4.94. The van der Waals surface area contributed by atoms with Crippen molar-refractivity contribution in [2.75, 3.05) is 7.11 Å². The Kier molecular flexibility index (Phi) is 5.96. The topological polar surface area (TPSA) is 38.3 Å². The average molecular weight is 413 g/mol. The first-order chi connectivity index (χ1) is 10.1. The van der Waals surface area contributed by atoms with Gasteiger partial charge in [-0.05, 0) is 55.1 Å². The number of methoxy groups -OCH3 is 1. The zero-order valence-electron chi connectivity index (χ0n) is 11.5. The fraction of sp³-hybridized carbons (Fsp3) is 0.188. The molecule has 3 nitrogen and oxygen atoms in total. The molecular formula is C16H15Br2NO2. The van der Waals surface area contributed by atoms with E-state index in [1.807, 2.05) is 48.5 Å². The molecule has 1 atom stereocenters. The maximum absolute atomic E-state index is 12.0. The highest BCUT2D eigenvalue weighted by Crippen LogP contribution is 2.24. The predicted molar refractivity (Wildman–Crippen MR) is 89.9 cm³/mol. The Balaban J connectivity index is 2.12. The quantitative estimate of drug-likeness (QED) is 0.747. The second kappa shape index (κ2) is 7.73. The second-order valence-corrected chi connectivity index (χ2v) is 6.20. The molecule has 0 bridgehead atoms. The summed E-state index contributed by atoms with van der Waals surface area (Å²) in [4.78, 5) is 12.0. The molecule has 0 aliphatic carbocycles. The number of esters is 1. The molecule has 2 rings (SSSR count). The molecule has 1 unspecified atom stereocenters. The monoisotopic (exact) mass is 411 g/mol. The van der Waals surface area contributed by atoms with Crippen LogP contribution in [0.15, 0.2) is 57.5 Å². The van der Waals surface area contributed by atoms with Crippen LogP contribution in [0.4, 0.5) is 0 Å². The van der Waals surface area contributed by atoms with Gasteiger partial charge in [-0.2, -0.15) is 0 Å². The summed E-state index contributed by atoms with van der Waals surface area (Å²) in [5, 5.41) is 3.24. The summed E-state index contributed by atoms with van der Waals surface area (Å²) in [6.07, 6.45) is 0. The van der Waals surface area contributed by atoms with E-state index in [0.29, 0.717) is 6.54 Å². The first kappa shape index (κ1) is 16.2. The Labute approximate surface area is 141 Å². The molecule has 1 N–H and O–H groups in total. The Morgan fingerprint density at radius 3 is 2.48 bits per heavy atom. The van der Waals surface area contributed by atoms with E-state index in [-0.39, 0.29) is 5.97 Å². The minimum Gasteiger partial charge on any atom is -0.468 e. The van der Waals surface area contributed by atoms with E-state index in [1.165, 1.54) is 7.11 Å². The molecule has 110 valence electrons. The van der Waals surface area contributed by atoms with Crippen molar-refractivity contribution in [2.45, 2.75) is 12.6 Å². The van der Waals surface area contributed by atoms with Gasteiger partial charge in [0.1, 0.15) is 6.04 Å². The number of ether oxygens (including phenoxy) is 1. The van der Waals surface area contributed by atoms with Crippen LogP contribution in [0.25, 0.3) is 0 Å². The van der Waals surface area contributed by atoms with Crippen LogP contribution in [-0.4, -0.2) is 13.1 Å². The third kappa shape index (κ3) is 4.40. The average Bonchev–Trinajstić information content (AvgIpc) is 2.51. The normalized spacial score (nSPS) is 12.0. The van der Waals surface area contributed by atoms with E-state index < -0.39 is 6.04 Å². The molecule has 0 saturated heterocycles. The summed E-state index contributed by atoms with van der Waals surface area (Å²) in [6.45, 7) is 0.570. The Morgan fingerprint density at radius 1 is 1.14 bits per heavy atom. The second-order valence-electron chi connectivity index (χ2n) is 4.50. The molecule has 0 amide bonds. The minimum absolute atomic E-state index is 0.294. The van der Waals surface area contributed by atoms with Gasteiger partial charge in [0.25, 0.3) is 0 Å². The predicted octanol–water partition coefficient (Wildman–Crippen LogP) is 4.22. The van der Waals surface area contributed by atoms with Gasteiger partial charge in [-0.1, -0.05) is 36.4 Å². The lowest BCUT2D eigenvalue weighted by molar-refractivity contribution is -0.143. The number of hydrogen-bond acceptors (Lipinski definition) is 3. The first-order valence-corrected chi connectivity index (χ1v) is 8.00. The van der Waals surface area contributed by atoms with Gasteiger partial charge >= 0.3 is 5.97 Å². The van der Waals surface area contributed by atoms with Gasteiger partial charge in [-0.3, -0.25) is 5.32 Å². The van der Waals surface area contributed by atoms with E-state index >= 15 is 0 Å². The number of rotatable bonds is 5. The molecule has 0 radical (unpaired) electrons. The van der Waals surface area contributed by atoms with Crippen LogP contribution in [0.2, 0.25) is 0 Å². The Morgan fingerprint density at radius 2 is 1.86 bits per heavy atom. The molecular weight excluding hydrogens is 398 g/mol. The summed E-state index contributed by atoms with van der Waals surface area (Å²) in [7, 11) is 1.40. The number of nitrogens with one attached hydrogen (secondary N) is 1. The fourth-order valence-corrected chi connectivity index (χ4v) is 2.64. The van der Waals surface area contributed by atoms with E-state index in [2.05, 4.69) is 37.2 Å². The zero-order chi connectivity index (χ0) is 15.2. The Bertz CT molecular complexity index is 617. The van der Waals surface area contributed by atoms with Gasteiger partial charge in [0, 0.05) is 15.5 Å². The lowest BCUT2D eigenvalue weighted by atomic mass is 10.1. The van der Waals surface area contributed by atoms with Gasteiger partial charge in [0.15, 0.2) is 0 Å². The van der Waals surface area contributed by atoms with Gasteiger partial charge in [-0.25, -0.2) is 4.79 Å². The van der Waals surface area contributed by atoms with Crippen molar-refractivity contribution < 1.29 is 9.53 Å².